The Kier molecular flexibility index (Phi) is 7.66. The van der Waals surface area contributed by atoms with Gasteiger partial charge in [0.1, 0.15) is 12.4 Å². The Balaban J connectivity index is 1.59. The summed E-state index contributed by atoms with van der Waals surface area (Å²) in [5, 5.41) is 0. The van der Waals surface area contributed by atoms with Crippen molar-refractivity contribution in [3.05, 3.63) is 98.9 Å². The Bertz CT molecular complexity index is 1300. The smallest absolute Gasteiger partial charge is 0.363 e. The molecule has 0 N–H and O–H groups in total. The van der Waals surface area contributed by atoms with Crippen molar-refractivity contribution in [1.82, 2.24) is 0 Å². The number of ether oxygens (including phenoxy) is 3. The van der Waals surface area contributed by atoms with Gasteiger partial charge in [0.15, 0.2) is 17.2 Å². The van der Waals surface area contributed by atoms with E-state index in [2.05, 4.69) is 34.8 Å². The van der Waals surface area contributed by atoms with Crippen LogP contribution in [0.5, 0.6) is 11.5 Å². The predicted octanol–water partition coefficient (Wildman–Crippen LogP) is 7.03. The number of carbonyl (C=O) groups excluding carboxylic acids is 1. The van der Waals surface area contributed by atoms with Crippen LogP contribution < -0.4 is 9.47 Å². The van der Waals surface area contributed by atoms with Crippen LogP contribution in [0.15, 0.2) is 75.8 Å². The first-order valence-electron chi connectivity index (χ1n) is 11.3. The molecule has 1 heterocycles. The van der Waals surface area contributed by atoms with Crippen LogP contribution in [0.1, 0.15) is 48.9 Å². The molecule has 0 radical (unpaired) electrons. The second-order valence-electron chi connectivity index (χ2n) is 8.29. The number of hydrogen-bond donors (Lipinski definition) is 0. The molecule has 0 aliphatic carbocycles. The number of benzene rings is 3. The summed E-state index contributed by atoms with van der Waals surface area (Å²) in [5.74, 6) is 0.818. The normalized spacial score (nSPS) is 14.3. The lowest BCUT2D eigenvalue weighted by atomic mass is 10.0. The van der Waals surface area contributed by atoms with Gasteiger partial charge in [0.25, 0.3) is 0 Å². The molecular formula is C28H25BrFNO4. The van der Waals surface area contributed by atoms with E-state index in [1.54, 1.807) is 30.3 Å². The van der Waals surface area contributed by atoms with Crippen LogP contribution in [0.25, 0.3) is 6.08 Å². The molecule has 0 atom stereocenters. The van der Waals surface area contributed by atoms with Crippen molar-refractivity contribution in [1.29, 1.82) is 0 Å². The SMILES string of the molecule is CCOc1cc(/C=C2\N=C(c3ccc(C(C)C)cc3)OC2=O)cc(Br)c1OCc1cccc(F)c1. The summed E-state index contributed by atoms with van der Waals surface area (Å²) in [4.78, 5) is 16.9. The van der Waals surface area contributed by atoms with Gasteiger partial charge in [-0.1, -0.05) is 38.1 Å². The van der Waals surface area contributed by atoms with E-state index >= 15 is 0 Å². The molecule has 0 fully saturated rings. The molecule has 0 bridgehead atoms. The minimum atomic E-state index is -0.520. The maximum absolute atomic E-state index is 13.5. The molecule has 5 nitrogen and oxygen atoms in total. The van der Waals surface area contributed by atoms with Crippen LogP contribution in [0.2, 0.25) is 0 Å². The van der Waals surface area contributed by atoms with Crippen LogP contribution in [0, 0.1) is 5.82 Å². The Morgan fingerprint density at radius 1 is 1.09 bits per heavy atom. The molecule has 180 valence electrons. The van der Waals surface area contributed by atoms with Gasteiger partial charge in [0.05, 0.1) is 11.1 Å². The van der Waals surface area contributed by atoms with Gasteiger partial charge in [0, 0.05) is 5.56 Å². The van der Waals surface area contributed by atoms with Gasteiger partial charge < -0.3 is 14.2 Å². The van der Waals surface area contributed by atoms with Crippen molar-refractivity contribution in [3.63, 3.8) is 0 Å². The molecule has 35 heavy (non-hydrogen) atoms. The van der Waals surface area contributed by atoms with Crippen LogP contribution in [0.3, 0.4) is 0 Å². The van der Waals surface area contributed by atoms with Crippen LogP contribution in [0.4, 0.5) is 4.39 Å². The van der Waals surface area contributed by atoms with Crippen molar-refractivity contribution in [2.45, 2.75) is 33.3 Å². The van der Waals surface area contributed by atoms with E-state index in [9.17, 15) is 9.18 Å². The molecule has 0 saturated carbocycles. The largest absolute Gasteiger partial charge is 0.490 e. The minimum absolute atomic E-state index is 0.173. The molecule has 3 aromatic rings. The maximum Gasteiger partial charge on any atom is 0.363 e. The fourth-order valence-corrected chi connectivity index (χ4v) is 4.13. The molecule has 3 aromatic carbocycles. The zero-order chi connectivity index (χ0) is 24.9. The lowest BCUT2D eigenvalue weighted by Crippen LogP contribution is -2.05. The van der Waals surface area contributed by atoms with Gasteiger partial charge in [-0.2, -0.15) is 0 Å². The van der Waals surface area contributed by atoms with Gasteiger partial charge in [-0.15, -0.1) is 0 Å². The third-order valence-electron chi connectivity index (χ3n) is 5.35. The van der Waals surface area contributed by atoms with Crippen molar-refractivity contribution < 1.29 is 23.4 Å². The first kappa shape index (κ1) is 24.7. The number of nitrogens with zero attached hydrogens (tertiary/aromatic N) is 1. The third kappa shape index (κ3) is 5.98. The first-order chi connectivity index (χ1) is 16.8. The molecule has 0 amide bonds. The summed E-state index contributed by atoms with van der Waals surface area (Å²) >= 11 is 3.53. The van der Waals surface area contributed by atoms with E-state index in [-0.39, 0.29) is 24.0 Å². The lowest BCUT2D eigenvalue weighted by molar-refractivity contribution is -0.129. The zero-order valence-electron chi connectivity index (χ0n) is 19.7. The fourth-order valence-electron chi connectivity index (χ4n) is 3.56. The topological polar surface area (TPSA) is 57.1 Å². The highest BCUT2D eigenvalue weighted by Crippen LogP contribution is 2.38. The monoisotopic (exact) mass is 537 g/mol. The summed E-state index contributed by atoms with van der Waals surface area (Å²) in [6, 6.07) is 17.6. The lowest BCUT2D eigenvalue weighted by Gasteiger charge is -2.15. The van der Waals surface area contributed by atoms with Crippen LogP contribution in [-0.2, 0) is 16.1 Å². The van der Waals surface area contributed by atoms with Crippen molar-refractivity contribution in [3.8, 4) is 11.5 Å². The van der Waals surface area contributed by atoms with Crippen molar-refractivity contribution in [2.75, 3.05) is 6.61 Å². The third-order valence-corrected chi connectivity index (χ3v) is 5.94. The fraction of sp³-hybridized carbons (Fsp3) is 0.214. The Morgan fingerprint density at radius 2 is 1.86 bits per heavy atom. The zero-order valence-corrected chi connectivity index (χ0v) is 21.3. The van der Waals surface area contributed by atoms with Gasteiger partial charge >= 0.3 is 5.97 Å². The molecule has 0 saturated heterocycles. The van der Waals surface area contributed by atoms with E-state index in [4.69, 9.17) is 14.2 Å². The summed E-state index contributed by atoms with van der Waals surface area (Å²) in [5.41, 5.74) is 3.51. The Labute approximate surface area is 212 Å². The Hall–Kier alpha value is -3.45. The summed E-state index contributed by atoms with van der Waals surface area (Å²) in [6.07, 6.45) is 1.64. The average molecular weight is 538 g/mol. The maximum atomic E-state index is 13.5. The Morgan fingerprint density at radius 3 is 2.54 bits per heavy atom. The van der Waals surface area contributed by atoms with E-state index in [0.717, 1.165) is 5.56 Å². The molecule has 0 aromatic heterocycles. The first-order valence-corrected chi connectivity index (χ1v) is 12.1. The van der Waals surface area contributed by atoms with Crippen LogP contribution >= 0.6 is 15.9 Å². The quantitative estimate of drug-likeness (QED) is 0.228. The average Bonchev–Trinajstić information content (AvgIpc) is 3.19. The molecule has 1 aliphatic heterocycles. The summed E-state index contributed by atoms with van der Waals surface area (Å²) in [7, 11) is 0. The summed E-state index contributed by atoms with van der Waals surface area (Å²) < 4.78 is 31.2. The highest BCUT2D eigenvalue weighted by atomic mass is 79.9. The molecule has 0 unspecified atom stereocenters. The molecule has 0 spiro atoms. The number of esters is 1. The van der Waals surface area contributed by atoms with Gasteiger partial charge in [-0.25, -0.2) is 14.2 Å². The van der Waals surface area contributed by atoms with E-state index < -0.39 is 5.97 Å². The number of hydrogen-bond acceptors (Lipinski definition) is 5. The number of cyclic esters (lactones) is 1. The van der Waals surface area contributed by atoms with E-state index in [1.807, 2.05) is 31.2 Å². The highest BCUT2D eigenvalue weighted by molar-refractivity contribution is 9.10. The molecule has 4 rings (SSSR count). The summed E-state index contributed by atoms with van der Waals surface area (Å²) in [6.45, 7) is 6.70. The number of rotatable bonds is 8. The van der Waals surface area contributed by atoms with Gasteiger partial charge in [0.2, 0.25) is 5.90 Å². The van der Waals surface area contributed by atoms with Gasteiger partial charge in [-0.3, -0.25) is 0 Å². The number of halogens is 2. The second-order valence-corrected chi connectivity index (χ2v) is 9.15. The minimum Gasteiger partial charge on any atom is -0.490 e. The van der Waals surface area contributed by atoms with Gasteiger partial charge in [-0.05, 0) is 87.9 Å². The second kappa shape index (κ2) is 10.9. The van der Waals surface area contributed by atoms with Crippen molar-refractivity contribution >= 4 is 33.9 Å². The number of carbonyl (C=O) groups is 1. The molecule has 7 heteroatoms. The molecular weight excluding hydrogens is 513 g/mol. The van der Waals surface area contributed by atoms with Crippen molar-refractivity contribution in [2.24, 2.45) is 4.99 Å². The predicted molar refractivity (Wildman–Crippen MR) is 137 cm³/mol. The van der Waals surface area contributed by atoms with E-state index in [1.165, 1.54) is 17.7 Å². The van der Waals surface area contributed by atoms with E-state index in [0.29, 0.717) is 39.6 Å². The van der Waals surface area contributed by atoms with Crippen LogP contribution in [-0.4, -0.2) is 18.5 Å². The standard InChI is InChI=1S/C28H25BrFNO4/c1-4-33-25-15-19(13-23(29)26(25)34-16-18-6-5-7-22(30)12-18)14-24-28(32)35-27(31-24)21-10-8-20(9-11-21)17(2)3/h5-15,17H,4,16H2,1-3H3/b24-14-. The highest BCUT2D eigenvalue weighted by Gasteiger charge is 2.24. The number of aliphatic imine (C=N–C) groups is 1. The molecule has 1 aliphatic rings.